The molecule has 0 heterocycles. The van der Waals surface area contributed by atoms with E-state index in [0.717, 1.165) is 31.3 Å². The van der Waals surface area contributed by atoms with Gasteiger partial charge >= 0.3 is 0 Å². The van der Waals surface area contributed by atoms with E-state index in [1.807, 2.05) is 0 Å². The largest absolute Gasteiger partial charge is 0.358 e. The van der Waals surface area contributed by atoms with Crippen LogP contribution in [0.5, 0.6) is 0 Å². The normalized spacial score (nSPS) is 15.8. The van der Waals surface area contributed by atoms with E-state index in [1.54, 1.807) is 0 Å². The maximum atomic E-state index is 7.92. The molecule has 1 rings (SSSR count). The van der Waals surface area contributed by atoms with Gasteiger partial charge in [-0.2, -0.15) is 0 Å². The van der Waals surface area contributed by atoms with Crippen LogP contribution >= 0.6 is 0 Å². The smallest absolute Gasteiger partial charge is 0.0960 e. The van der Waals surface area contributed by atoms with Crippen molar-refractivity contribution in [3.63, 3.8) is 0 Å². The minimum Gasteiger partial charge on any atom is -0.358 e. The van der Waals surface area contributed by atoms with Gasteiger partial charge in [0.25, 0.3) is 0 Å². The third-order valence-electron chi connectivity index (χ3n) is 2.57. The van der Waals surface area contributed by atoms with Gasteiger partial charge in [-0.25, -0.2) is 0 Å². The van der Waals surface area contributed by atoms with Crippen LogP contribution in [0.25, 0.3) is 0 Å². The Morgan fingerprint density at radius 3 is 2.46 bits per heavy atom. The van der Waals surface area contributed by atoms with Crippen LogP contribution in [-0.2, 0) is 0 Å². The zero-order valence-corrected chi connectivity index (χ0v) is 8.97. The number of unbranched alkanes of at least 4 members (excludes halogenated alkanes) is 1. The molecule has 0 aromatic rings. The Morgan fingerprint density at radius 2 is 2.00 bits per heavy atom. The van der Waals surface area contributed by atoms with Gasteiger partial charge in [-0.15, -0.1) is 0 Å². The first-order valence-electron chi connectivity index (χ1n) is 5.63. The van der Waals surface area contributed by atoms with Crippen molar-refractivity contribution in [1.29, 1.82) is 5.41 Å². The summed E-state index contributed by atoms with van der Waals surface area (Å²) in [7, 11) is 0. The summed E-state index contributed by atoms with van der Waals surface area (Å²) < 4.78 is 0. The summed E-state index contributed by atoms with van der Waals surface area (Å²) in [5.74, 6) is 0.874. The molecular formula is C11H22N2. The van der Waals surface area contributed by atoms with E-state index in [2.05, 4.69) is 18.7 Å². The van der Waals surface area contributed by atoms with Gasteiger partial charge in [0, 0.05) is 19.0 Å². The van der Waals surface area contributed by atoms with E-state index in [1.165, 1.54) is 25.7 Å². The minimum absolute atomic E-state index is 0.727. The molecule has 0 radical (unpaired) electrons. The molecule has 2 nitrogen and oxygen atoms in total. The molecule has 0 aromatic heterocycles. The van der Waals surface area contributed by atoms with Crippen LogP contribution in [0.4, 0.5) is 0 Å². The molecular weight excluding hydrogens is 160 g/mol. The number of nitrogens with one attached hydrogen (secondary N) is 1. The Morgan fingerprint density at radius 1 is 1.31 bits per heavy atom. The molecule has 0 amide bonds. The first-order chi connectivity index (χ1) is 6.29. The molecule has 2 heteroatoms. The average Bonchev–Trinajstić information content (AvgIpc) is 2.89. The summed E-state index contributed by atoms with van der Waals surface area (Å²) in [5.41, 5.74) is 0. The third-order valence-corrected chi connectivity index (χ3v) is 2.57. The Labute approximate surface area is 81.8 Å². The fraction of sp³-hybridized carbons (Fsp3) is 0.909. The summed E-state index contributed by atoms with van der Waals surface area (Å²) in [6.45, 7) is 5.48. The average molecular weight is 182 g/mol. The predicted molar refractivity (Wildman–Crippen MR) is 57.3 cm³/mol. The van der Waals surface area contributed by atoms with Crippen molar-refractivity contribution in [3.8, 4) is 0 Å². The molecule has 0 bridgehead atoms. The maximum absolute atomic E-state index is 7.92. The van der Waals surface area contributed by atoms with E-state index in [4.69, 9.17) is 5.41 Å². The molecule has 0 atom stereocenters. The van der Waals surface area contributed by atoms with Crippen molar-refractivity contribution in [1.82, 2.24) is 4.90 Å². The van der Waals surface area contributed by atoms with Crippen molar-refractivity contribution in [2.75, 3.05) is 6.54 Å². The number of hydrogen-bond acceptors (Lipinski definition) is 1. The molecule has 1 fully saturated rings. The van der Waals surface area contributed by atoms with Gasteiger partial charge in [0.15, 0.2) is 0 Å². The lowest BCUT2D eigenvalue weighted by Gasteiger charge is -2.24. The third kappa shape index (κ3) is 3.37. The lowest BCUT2D eigenvalue weighted by Crippen LogP contribution is -2.33. The van der Waals surface area contributed by atoms with E-state index in [0.29, 0.717) is 0 Å². The molecule has 0 unspecified atom stereocenters. The molecule has 0 saturated heterocycles. The van der Waals surface area contributed by atoms with Crippen LogP contribution in [-0.4, -0.2) is 23.3 Å². The highest BCUT2D eigenvalue weighted by Crippen LogP contribution is 2.27. The first kappa shape index (κ1) is 10.6. The zero-order chi connectivity index (χ0) is 9.68. The number of hydrogen-bond donors (Lipinski definition) is 1. The molecule has 0 aromatic carbocycles. The Kier molecular flexibility index (Phi) is 4.26. The minimum atomic E-state index is 0.727. The highest BCUT2D eigenvalue weighted by molar-refractivity contribution is 5.79. The first-order valence-corrected chi connectivity index (χ1v) is 5.63. The topological polar surface area (TPSA) is 27.1 Å². The molecule has 0 aliphatic heterocycles. The molecule has 1 aliphatic rings. The molecule has 1 aliphatic carbocycles. The van der Waals surface area contributed by atoms with Gasteiger partial charge in [0.05, 0.1) is 5.84 Å². The van der Waals surface area contributed by atoms with Gasteiger partial charge in [0.1, 0.15) is 0 Å². The second-order valence-corrected chi connectivity index (χ2v) is 3.97. The Hall–Kier alpha value is -0.530. The van der Waals surface area contributed by atoms with Gasteiger partial charge in [-0.3, -0.25) is 5.41 Å². The number of amidine groups is 1. The van der Waals surface area contributed by atoms with Gasteiger partial charge in [0.2, 0.25) is 0 Å². The van der Waals surface area contributed by atoms with E-state index in [9.17, 15) is 0 Å². The molecule has 1 saturated carbocycles. The van der Waals surface area contributed by atoms with Crippen LogP contribution in [0, 0.1) is 5.41 Å². The quantitative estimate of drug-likeness (QED) is 0.496. The van der Waals surface area contributed by atoms with Crippen molar-refractivity contribution in [2.45, 2.75) is 58.4 Å². The monoisotopic (exact) mass is 182 g/mol. The molecule has 76 valence electrons. The van der Waals surface area contributed by atoms with Crippen molar-refractivity contribution in [3.05, 3.63) is 0 Å². The standard InChI is InChI=1S/C11H22N2/c1-3-5-9-13(10-7-8-10)11(12)6-4-2/h10,12H,3-9H2,1-2H3. The number of nitrogens with zero attached hydrogens (tertiary/aromatic N) is 1. The van der Waals surface area contributed by atoms with Gasteiger partial charge in [-0.05, 0) is 25.7 Å². The SMILES string of the molecule is CCCCN(C(=N)CCC)C1CC1. The lowest BCUT2D eigenvalue weighted by atomic mass is 10.2. The molecule has 1 N–H and O–H groups in total. The Balaban J connectivity index is 2.32. The summed E-state index contributed by atoms with van der Waals surface area (Å²) in [6, 6.07) is 0.727. The van der Waals surface area contributed by atoms with Crippen molar-refractivity contribution >= 4 is 5.84 Å². The van der Waals surface area contributed by atoms with E-state index >= 15 is 0 Å². The molecule has 13 heavy (non-hydrogen) atoms. The summed E-state index contributed by atoms with van der Waals surface area (Å²) >= 11 is 0. The second kappa shape index (κ2) is 5.25. The second-order valence-electron chi connectivity index (χ2n) is 3.97. The van der Waals surface area contributed by atoms with E-state index < -0.39 is 0 Å². The zero-order valence-electron chi connectivity index (χ0n) is 8.97. The van der Waals surface area contributed by atoms with Crippen molar-refractivity contribution in [2.24, 2.45) is 0 Å². The number of rotatable bonds is 6. The fourth-order valence-corrected chi connectivity index (χ4v) is 1.63. The molecule has 0 spiro atoms. The highest BCUT2D eigenvalue weighted by atomic mass is 15.2. The summed E-state index contributed by atoms with van der Waals surface area (Å²) in [5, 5.41) is 7.92. The van der Waals surface area contributed by atoms with Crippen LogP contribution in [0.2, 0.25) is 0 Å². The fourth-order valence-electron chi connectivity index (χ4n) is 1.63. The summed E-state index contributed by atoms with van der Waals surface area (Å²) in [4.78, 5) is 2.33. The lowest BCUT2D eigenvalue weighted by molar-refractivity contribution is 0.387. The van der Waals surface area contributed by atoms with Gasteiger partial charge in [-0.1, -0.05) is 20.3 Å². The van der Waals surface area contributed by atoms with Crippen LogP contribution in [0.3, 0.4) is 0 Å². The van der Waals surface area contributed by atoms with Gasteiger partial charge < -0.3 is 4.90 Å². The van der Waals surface area contributed by atoms with Crippen LogP contribution in [0.1, 0.15) is 52.4 Å². The predicted octanol–water partition coefficient (Wildman–Crippen LogP) is 3.03. The van der Waals surface area contributed by atoms with Crippen molar-refractivity contribution < 1.29 is 0 Å². The summed E-state index contributed by atoms with van der Waals surface area (Å²) in [6.07, 6.45) is 7.17. The van der Waals surface area contributed by atoms with Crippen LogP contribution in [0.15, 0.2) is 0 Å². The highest BCUT2D eigenvalue weighted by Gasteiger charge is 2.29. The Bertz CT molecular complexity index is 161. The van der Waals surface area contributed by atoms with E-state index in [-0.39, 0.29) is 0 Å². The van der Waals surface area contributed by atoms with Crippen LogP contribution < -0.4 is 0 Å². The maximum Gasteiger partial charge on any atom is 0.0960 e.